The minimum atomic E-state index is 0.559. The van der Waals surface area contributed by atoms with E-state index in [0.717, 1.165) is 17.1 Å². The van der Waals surface area contributed by atoms with E-state index in [4.69, 9.17) is 10.1 Å². The highest BCUT2D eigenvalue weighted by Gasteiger charge is 2.18. The highest BCUT2D eigenvalue weighted by atomic mass is 15.5. The van der Waals surface area contributed by atoms with Gasteiger partial charge in [-0.2, -0.15) is 10.1 Å². The van der Waals surface area contributed by atoms with Gasteiger partial charge in [0.05, 0.1) is 5.69 Å². The second kappa shape index (κ2) is 6.02. The van der Waals surface area contributed by atoms with Crippen LogP contribution in [0.2, 0.25) is 0 Å². The predicted octanol–water partition coefficient (Wildman–Crippen LogP) is 4.05. The Balaban J connectivity index is 1.98. The van der Waals surface area contributed by atoms with E-state index < -0.39 is 0 Å². The third-order valence-corrected chi connectivity index (χ3v) is 4.18. The van der Waals surface area contributed by atoms with Crippen LogP contribution in [0.3, 0.4) is 0 Å². The molecule has 4 rings (SSSR count). The molecule has 0 bridgehead atoms. The van der Waals surface area contributed by atoms with Crippen LogP contribution in [-0.4, -0.2) is 24.5 Å². The third-order valence-electron chi connectivity index (χ3n) is 4.18. The SMILES string of the molecule is Cc1cc(C)c(-n2nc(-n3cccn3)nc2-c2ccccc2)c(C)c1. The molecule has 2 aromatic heterocycles. The van der Waals surface area contributed by atoms with Crippen molar-refractivity contribution < 1.29 is 0 Å². The van der Waals surface area contributed by atoms with Crippen molar-refractivity contribution in [3.05, 3.63) is 77.6 Å². The molecule has 0 spiro atoms. The zero-order valence-electron chi connectivity index (χ0n) is 14.5. The molecule has 0 saturated carbocycles. The van der Waals surface area contributed by atoms with E-state index in [9.17, 15) is 0 Å². The third kappa shape index (κ3) is 2.74. The summed E-state index contributed by atoms with van der Waals surface area (Å²) in [6.45, 7) is 6.33. The molecule has 0 radical (unpaired) electrons. The molecule has 0 amide bonds. The summed E-state index contributed by atoms with van der Waals surface area (Å²) in [5, 5.41) is 9.02. The number of hydrogen-bond acceptors (Lipinski definition) is 3. The van der Waals surface area contributed by atoms with Gasteiger partial charge in [-0.25, -0.2) is 9.36 Å². The normalized spacial score (nSPS) is 11.0. The van der Waals surface area contributed by atoms with Gasteiger partial charge in [-0.05, 0) is 38.0 Å². The molecular formula is C20H19N5. The van der Waals surface area contributed by atoms with Crippen LogP contribution >= 0.6 is 0 Å². The van der Waals surface area contributed by atoms with Crippen LogP contribution < -0.4 is 0 Å². The van der Waals surface area contributed by atoms with E-state index in [0.29, 0.717) is 5.95 Å². The first-order chi connectivity index (χ1) is 12.1. The van der Waals surface area contributed by atoms with Crippen LogP contribution in [0.1, 0.15) is 16.7 Å². The molecule has 0 N–H and O–H groups in total. The Kier molecular flexibility index (Phi) is 3.69. The second-order valence-electron chi connectivity index (χ2n) is 6.21. The van der Waals surface area contributed by atoms with E-state index in [2.05, 4.69) is 38.0 Å². The fraction of sp³-hybridized carbons (Fsp3) is 0.150. The van der Waals surface area contributed by atoms with E-state index >= 15 is 0 Å². The van der Waals surface area contributed by atoms with Crippen molar-refractivity contribution in [3.8, 4) is 23.0 Å². The van der Waals surface area contributed by atoms with Gasteiger partial charge >= 0.3 is 0 Å². The van der Waals surface area contributed by atoms with Gasteiger partial charge < -0.3 is 0 Å². The lowest BCUT2D eigenvalue weighted by Gasteiger charge is -2.13. The first-order valence-electron chi connectivity index (χ1n) is 8.24. The maximum atomic E-state index is 4.76. The van der Waals surface area contributed by atoms with Crippen molar-refractivity contribution in [1.82, 2.24) is 24.5 Å². The lowest BCUT2D eigenvalue weighted by molar-refractivity contribution is 0.782. The molecule has 0 aliphatic carbocycles. The monoisotopic (exact) mass is 329 g/mol. The fourth-order valence-electron chi connectivity index (χ4n) is 3.22. The summed E-state index contributed by atoms with van der Waals surface area (Å²) in [6, 6.07) is 16.3. The lowest BCUT2D eigenvalue weighted by atomic mass is 10.0. The van der Waals surface area contributed by atoms with Gasteiger partial charge in [0.25, 0.3) is 5.95 Å². The fourth-order valence-corrected chi connectivity index (χ4v) is 3.22. The highest BCUT2D eigenvalue weighted by Crippen LogP contribution is 2.27. The smallest absolute Gasteiger partial charge is 0.210 e. The van der Waals surface area contributed by atoms with Gasteiger partial charge in [-0.15, -0.1) is 5.10 Å². The zero-order valence-corrected chi connectivity index (χ0v) is 14.5. The summed E-state index contributed by atoms with van der Waals surface area (Å²) in [5.41, 5.74) is 5.67. The van der Waals surface area contributed by atoms with E-state index in [1.807, 2.05) is 47.3 Å². The molecule has 0 saturated heterocycles. The maximum Gasteiger partial charge on any atom is 0.270 e. The Hall–Kier alpha value is -3.21. The Bertz CT molecular complexity index is 991. The van der Waals surface area contributed by atoms with Gasteiger partial charge in [0.2, 0.25) is 0 Å². The van der Waals surface area contributed by atoms with Crippen molar-refractivity contribution in [2.75, 3.05) is 0 Å². The second-order valence-corrected chi connectivity index (χ2v) is 6.21. The lowest BCUT2D eigenvalue weighted by Crippen LogP contribution is -2.05. The number of benzene rings is 2. The molecule has 0 unspecified atom stereocenters. The number of aryl methyl sites for hydroxylation is 3. The van der Waals surface area contributed by atoms with E-state index in [-0.39, 0.29) is 0 Å². The van der Waals surface area contributed by atoms with Crippen molar-refractivity contribution >= 4 is 0 Å². The molecule has 0 aliphatic heterocycles. The van der Waals surface area contributed by atoms with Crippen LogP contribution in [0, 0.1) is 20.8 Å². The largest absolute Gasteiger partial charge is 0.270 e. The molecule has 124 valence electrons. The zero-order chi connectivity index (χ0) is 17.4. The first-order valence-corrected chi connectivity index (χ1v) is 8.24. The molecular weight excluding hydrogens is 310 g/mol. The molecule has 5 heteroatoms. The minimum Gasteiger partial charge on any atom is -0.210 e. The molecule has 25 heavy (non-hydrogen) atoms. The highest BCUT2D eigenvalue weighted by molar-refractivity contribution is 5.61. The van der Waals surface area contributed by atoms with Crippen molar-refractivity contribution in [3.63, 3.8) is 0 Å². The Morgan fingerprint density at radius 3 is 2.24 bits per heavy atom. The van der Waals surface area contributed by atoms with Crippen LogP contribution in [0.4, 0.5) is 0 Å². The maximum absolute atomic E-state index is 4.76. The summed E-state index contributed by atoms with van der Waals surface area (Å²) in [6.07, 6.45) is 3.58. The molecule has 0 aliphatic rings. The van der Waals surface area contributed by atoms with Gasteiger partial charge in [0.15, 0.2) is 5.82 Å². The Morgan fingerprint density at radius 2 is 1.60 bits per heavy atom. The quantitative estimate of drug-likeness (QED) is 0.570. The van der Waals surface area contributed by atoms with Gasteiger partial charge in [0, 0.05) is 18.0 Å². The molecule has 2 aromatic carbocycles. The van der Waals surface area contributed by atoms with E-state index in [1.54, 1.807) is 10.9 Å². The number of aromatic nitrogens is 5. The average Bonchev–Trinajstić information content (AvgIpc) is 3.24. The summed E-state index contributed by atoms with van der Waals surface area (Å²) in [4.78, 5) is 4.76. The summed E-state index contributed by atoms with van der Waals surface area (Å²) < 4.78 is 3.61. The van der Waals surface area contributed by atoms with Gasteiger partial charge in [-0.3, -0.25) is 0 Å². The summed E-state index contributed by atoms with van der Waals surface area (Å²) >= 11 is 0. The molecule has 2 heterocycles. The van der Waals surface area contributed by atoms with Crippen LogP contribution in [-0.2, 0) is 0 Å². The average molecular weight is 329 g/mol. The molecule has 4 aromatic rings. The standard InChI is InChI=1S/C20H19N5/c1-14-12-15(2)18(16(3)13-14)25-19(17-8-5-4-6-9-17)22-20(23-25)24-11-7-10-21-24/h4-13H,1-3H3. The van der Waals surface area contributed by atoms with Crippen LogP contribution in [0.25, 0.3) is 23.0 Å². The summed E-state index contributed by atoms with van der Waals surface area (Å²) in [7, 11) is 0. The first kappa shape index (κ1) is 15.3. The van der Waals surface area contributed by atoms with Crippen molar-refractivity contribution in [1.29, 1.82) is 0 Å². The Morgan fingerprint density at radius 1 is 0.880 bits per heavy atom. The molecule has 5 nitrogen and oxygen atoms in total. The predicted molar refractivity (Wildman–Crippen MR) is 98.1 cm³/mol. The Labute approximate surface area is 146 Å². The summed E-state index contributed by atoms with van der Waals surface area (Å²) in [5.74, 6) is 1.37. The molecule has 0 atom stereocenters. The van der Waals surface area contributed by atoms with Gasteiger partial charge in [-0.1, -0.05) is 48.0 Å². The number of nitrogens with zero attached hydrogens (tertiary/aromatic N) is 5. The number of rotatable bonds is 3. The van der Waals surface area contributed by atoms with Crippen LogP contribution in [0.15, 0.2) is 60.9 Å². The van der Waals surface area contributed by atoms with E-state index in [1.165, 1.54) is 16.7 Å². The van der Waals surface area contributed by atoms with Gasteiger partial charge in [0.1, 0.15) is 0 Å². The minimum absolute atomic E-state index is 0.559. The number of hydrogen-bond donors (Lipinski definition) is 0. The van der Waals surface area contributed by atoms with Crippen LogP contribution in [0.5, 0.6) is 0 Å². The molecule has 0 fully saturated rings. The van der Waals surface area contributed by atoms with Crippen molar-refractivity contribution in [2.24, 2.45) is 0 Å². The topological polar surface area (TPSA) is 48.5 Å². The van der Waals surface area contributed by atoms with Crippen molar-refractivity contribution in [2.45, 2.75) is 20.8 Å².